The number of hydrogen-bond acceptors (Lipinski definition) is 11. The Morgan fingerprint density at radius 2 is 1.69 bits per heavy atom. The molecule has 312 valence electrons. The van der Waals surface area contributed by atoms with E-state index >= 15 is 0 Å². The molecule has 0 bridgehead atoms. The van der Waals surface area contributed by atoms with Crippen LogP contribution in [0.5, 0.6) is 0 Å². The van der Waals surface area contributed by atoms with Gasteiger partial charge in [0.1, 0.15) is 29.3 Å². The molecule has 17 heteroatoms. The molecular formula is C42H50N8O9. The Labute approximate surface area is 340 Å². The van der Waals surface area contributed by atoms with Crippen LogP contribution in [-0.2, 0) is 23.8 Å². The van der Waals surface area contributed by atoms with Crippen LogP contribution in [0.25, 0.3) is 44.4 Å². The Bertz CT molecular complexity index is 2390. The predicted octanol–water partition coefficient (Wildman–Crippen LogP) is 5.63. The Hall–Kier alpha value is -6.23. The molecule has 0 spiro atoms. The summed E-state index contributed by atoms with van der Waals surface area (Å²) in [5.74, 6) is 0.458. The normalized spacial score (nSPS) is 19.8. The second-order valence-corrected chi connectivity index (χ2v) is 15.3. The minimum atomic E-state index is -0.756. The number of likely N-dealkylation sites (tertiary alicyclic amines) is 1. The third kappa shape index (κ3) is 9.25. The third-order valence-electron chi connectivity index (χ3n) is 11.0. The number of carbonyl (C=O) groups is 4. The number of nitrogens with one attached hydrogen (secondary N) is 5. The first-order valence-electron chi connectivity index (χ1n) is 20.0. The topological polar surface area (TPSA) is 223 Å². The van der Waals surface area contributed by atoms with Gasteiger partial charge in [0.25, 0.3) is 0 Å². The van der Waals surface area contributed by atoms with E-state index in [2.05, 4.69) is 30.9 Å². The maximum Gasteiger partial charge on any atom is 0.407 e. The highest BCUT2D eigenvalue weighted by Crippen LogP contribution is 2.34. The number of aromatic nitrogens is 4. The van der Waals surface area contributed by atoms with E-state index in [1.165, 1.54) is 14.2 Å². The molecule has 7 rings (SSSR count). The number of methoxy groups -OCH3 is 2. The van der Waals surface area contributed by atoms with Crippen molar-refractivity contribution in [3.63, 3.8) is 0 Å². The summed E-state index contributed by atoms with van der Waals surface area (Å²) in [5.41, 5.74) is 3.64. The second-order valence-electron chi connectivity index (χ2n) is 15.3. The summed E-state index contributed by atoms with van der Waals surface area (Å²) in [6, 6.07) is 10.5. The number of hydrogen-bond donors (Lipinski definition) is 5. The van der Waals surface area contributed by atoms with Crippen LogP contribution in [-0.4, -0.2) is 94.9 Å². The predicted molar refractivity (Wildman–Crippen MR) is 217 cm³/mol. The van der Waals surface area contributed by atoms with Gasteiger partial charge in [-0.1, -0.05) is 44.9 Å². The molecule has 5 N–H and O–H groups in total. The Balaban J connectivity index is 1.09. The first-order chi connectivity index (χ1) is 28.5. The minimum Gasteiger partial charge on any atom is -0.453 e. The minimum absolute atomic E-state index is 0.153. The van der Waals surface area contributed by atoms with E-state index in [1.54, 1.807) is 23.2 Å². The molecule has 3 aromatic heterocycles. The van der Waals surface area contributed by atoms with Crippen molar-refractivity contribution < 1.29 is 37.8 Å². The lowest BCUT2D eigenvalue weighted by Gasteiger charge is -2.29. The van der Waals surface area contributed by atoms with Gasteiger partial charge in [-0.25, -0.2) is 24.4 Å². The molecule has 0 unspecified atom stereocenters. The molecule has 5 heterocycles. The highest BCUT2D eigenvalue weighted by atomic mass is 16.5. The van der Waals surface area contributed by atoms with Crippen molar-refractivity contribution in [1.29, 1.82) is 0 Å². The average Bonchev–Trinajstić information content (AvgIpc) is 4.01. The fraction of sp³-hybridized carbons (Fsp3) is 0.452. The SMILES string of the molecule is COC(=O)N[C@H]1CCCCCOCC[C@@H](c2ncc(-c3ccc4cc(-c5ccc6nc([C@@H]7CCCN7C(=O)[C@@H](NC(=O)OC)C(C)C)[nH]c6c5)c(=O)oc4c3)[nH]2)NC1=O. The van der Waals surface area contributed by atoms with Crippen molar-refractivity contribution in [2.24, 2.45) is 5.92 Å². The van der Waals surface area contributed by atoms with E-state index in [0.29, 0.717) is 89.5 Å². The monoisotopic (exact) mass is 810 g/mol. The number of carbonyl (C=O) groups excluding carboxylic acids is 4. The molecule has 0 saturated carbocycles. The first kappa shape index (κ1) is 40.9. The maximum absolute atomic E-state index is 13.6. The lowest BCUT2D eigenvalue weighted by molar-refractivity contribution is -0.135. The zero-order valence-electron chi connectivity index (χ0n) is 33.6. The zero-order valence-corrected chi connectivity index (χ0v) is 33.6. The molecule has 59 heavy (non-hydrogen) atoms. The molecule has 2 aromatic carbocycles. The molecule has 0 aliphatic carbocycles. The van der Waals surface area contributed by atoms with Crippen molar-refractivity contribution >= 4 is 46.0 Å². The van der Waals surface area contributed by atoms with E-state index in [-0.39, 0.29) is 23.8 Å². The molecule has 2 fully saturated rings. The molecule has 17 nitrogen and oxygen atoms in total. The van der Waals surface area contributed by atoms with Crippen molar-refractivity contribution in [1.82, 2.24) is 40.8 Å². The lowest BCUT2D eigenvalue weighted by Crippen LogP contribution is -2.51. The number of fused-ring (bicyclic) bond motifs is 2. The van der Waals surface area contributed by atoms with Gasteiger partial charge in [-0.3, -0.25) is 9.59 Å². The molecule has 2 aliphatic heterocycles. The van der Waals surface area contributed by atoms with Gasteiger partial charge in [-0.15, -0.1) is 0 Å². The largest absolute Gasteiger partial charge is 0.453 e. The third-order valence-corrected chi connectivity index (χ3v) is 11.0. The summed E-state index contributed by atoms with van der Waals surface area (Å²) in [7, 11) is 2.53. The van der Waals surface area contributed by atoms with Crippen LogP contribution in [0.2, 0.25) is 0 Å². The second kappa shape index (κ2) is 18.1. The van der Waals surface area contributed by atoms with E-state index < -0.39 is 35.9 Å². The summed E-state index contributed by atoms with van der Waals surface area (Å²) >= 11 is 0. The van der Waals surface area contributed by atoms with Gasteiger partial charge in [0.15, 0.2) is 0 Å². The fourth-order valence-corrected chi connectivity index (χ4v) is 7.74. The Kier molecular flexibility index (Phi) is 12.6. The molecule has 4 atom stereocenters. The zero-order chi connectivity index (χ0) is 41.6. The quantitative estimate of drug-likeness (QED) is 0.121. The summed E-state index contributed by atoms with van der Waals surface area (Å²) in [6.45, 7) is 5.28. The molecule has 5 aromatic rings. The van der Waals surface area contributed by atoms with Crippen LogP contribution < -0.4 is 21.6 Å². The standard InChI is InChI=1S/C42H50N8O9/c1-23(2)35(49-42(55)57-4)39(52)50-16-8-10-33(50)37-44-28-14-13-24(20-31(28)45-37)27-19-26-12-11-25(21-34(26)59-40(27)53)32-22-43-36(46-32)29-15-18-58-17-7-5-6-9-30(38(51)47-29)48-41(54)56-3/h11-14,19-23,29-30,33,35H,5-10,15-18H2,1-4H3,(H,43,46)(H,44,45)(H,47,51)(H,48,54)(H,49,55)/t29-,30-,33-,35-/m0/s1. The maximum atomic E-state index is 13.6. The first-order valence-corrected chi connectivity index (χ1v) is 20.0. The number of rotatable bonds is 8. The number of imidazole rings is 2. The fourth-order valence-electron chi connectivity index (χ4n) is 7.74. The van der Waals surface area contributed by atoms with Crippen LogP contribution >= 0.6 is 0 Å². The van der Waals surface area contributed by atoms with Crippen LogP contribution in [0.15, 0.2) is 57.9 Å². The van der Waals surface area contributed by atoms with Gasteiger partial charge in [0, 0.05) is 30.7 Å². The van der Waals surface area contributed by atoms with Crippen LogP contribution in [0.4, 0.5) is 9.59 Å². The number of nitrogens with zero attached hydrogens (tertiary/aromatic N) is 3. The number of amides is 4. The van der Waals surface area contributed by atoms with Crippen molar-refractivity contribution in [2.75, 3.05) is 34.0 Å². The highest BCUT2D eigenvalue weighted by molar-refractivity contribution is 5.89. The van der Waals surface area contributed by atoms with E-state index in [4.69, 9.17) is 23.6 Å². The van der Waals surface area contributed by atoms with Gasteiger partial charge in [0.05, 0.1) is 54.8 Å². The van der Waals surface area contributed by atoms with Crippen LogP contribution in [0.3, 0.4) is 0 Å². The van der Waals surface area contributed by atoms with Gasteiger partial charge in [0.2, 0.25) is 11.8 Å². The summed E-state index contributed by atoms with van der Waals surface area (Å²) in [5, 5.41) is 9.05. The smallest absolute Gasteiger partial charge is 0.407 e. The van der Waals surface area contributed by atoms with Crippen LogP contribution in [0.1, 0.15) is 82.5 Å². The van der Waals surface area contributed by atoms with Gasteiger partial charge < -0.3 is 49.4 Å². The number of H-pyrrole nitrogens is 2. The van der Waals surface area contributed by atoms with Crippen LogP contribution in [0, 0.1) is 5.92 Å². The number of alkyl carbamates (subject to hydrolysis) is 2. The van der Waals surface area contributed by atoms with E-state index in [9.17, 15) is 24.0 Å². The van der Waals surface area contributed by atoms with E-state index in [0.717, 1.165) is 31.2 Å². The summed E-state index contributed by atoms with van der Waals surface area (Å²) in [6.07, 6.45) is 5.21. The Morgan fingerprint density at radius 1 is 0.881 bits per heavy atom. The number of aromatic amines is 2. The molecule has 0 radical (unpaired) electrons. The van der Waals surface area contributed by atoms with E-state index in [1.807, 2.05) is 44.2 Å². The molecule has 2 aliphatic rings. The van der Waals surface area contributed by atoms with Crippen molar-refractivity contribution in [3.05, 3.63) is 70.7 Å². The van der Waals surface area contributed by atoms with Crippen molar-refractivity contribution in [3.8, 4) is 22.4 Å². The van der Waals surface area contributed by atoms with Gasteiger partial charge in [-0.05, 0) is 67.9 Å². The van der Waals surface area contributed by atoms with Gasteiger partial charge >= 0.3 is 17.8 Å². The van der Waals surface area contributed by atoms with Crippen molar-refractivity contribution in [2.45, 2.75) is 83.0 Å². The average molecular weight is 811 g/mol. The van der Waals surface area contributed by atoms with Gasteiger partial charge in [-0.2, -0.15) is 0 Å². The molecule has 2 saturated heterocycles. The number of benzene rings is 2. The summed E-state index contributed by atoms with van der Waals surface area (Å²) in [4.78, 5) is 82.3. The molecular weight excluding hydrogens is 761 g/mol. The number of ether oxygens (including phenoxy) is 3. The summed E-state index contributed by atoms with van der Waals surface area (Å²) < 4.78 is 21.2. The Morgan fingerprint density at radius 3 is 2.49 bits per heavy atom. The molecule has 4 amide bonds. The highest BCUT2D eigenvalue weighted by Gasteiger charge is 2.37. The lowest BCUT2D eigenvalue weighted by atomic mass is 10.0.